The number of rotatable bonds is 7. The highest BCUT2D eigenvalue weighted by Crippen LogP contribution is 2.01. The van der Waals surface area contributed by atoms with Gasteiger partial charge in [0.2, 0.25) is 0 Å². The zero-order chi connectivity index (χ0) is 16.3. The molecule has 1 saturated heterocycles. The van der Waals surface area contributed by atoms with Crippen LogP contribution >= 0.6 is 0 Å². The minimum Gasteiger partial charge on any atom is -0.480 e. The number of hydrogen-bond donors (Lipinski definition) is 4. The van der Waals surface area contributed by atoms with Crippen molar-refractivity contribution >= 4 is 13.1 Å². The van der Waals surface area contributed by atoms with Gasteiger partial charge in [0.1, 0.15) is 6.04 Å². The van der Waals surface area contributed by atoms with E-state index in [1.807, 2.05) is 6.92 Å². The van der Waals surface area contributed by atoms with E-state index < -0.39 is 19.1 Å². The van der Waals surface area contributed by atoms with Gasteiger partial charge in [0.15, 0.2) is 0 Å². The molecular formula is C13H30BN3O4. The Morgan fingerprint density at radius 2 is 1.86 bits per heavy atom. The number of nitrogens with two attached hydrogens (primary N) is 1. The molecule has 0 spiro atoms. The number of carboxylic acid groups (broad SMARTS) is 1. The Kier molecular flexibility index (Phi) is 11.6. The van der Waals surface area contributed by atoms with Gasteiger partial charge in [-0.2, -0.15) is 0 Å². The predicted molar refractivity (Wildman–Crippen MR) is 84.1 cm³/mol. The van der Waals surface area contributed by atoms with Gasteiger partial charge >= 0.3 is 13.1 Å². The average Bonchev–Trinajstić information content (AvgIpc) is 2.44. The van der Waals surface area contributed by atoms with Gasteiger partial charge in [-0.05, 0) is 19.8 Å². The molecule has 0 bridgehead atoms. The number of carbonyl (C=O) groups is 1. The lowest BCUT2D eigenvalue weighted by molar-refractivity contribution is -0.138. The van der Waals surface area contributed by atoms with Crippen molar-refractivity contribution < 1.29 is 19.9 Å². The molecule has 1 fully saturated rings. The Bertz CT molecular complexity index is 274. The summed E-state index contributed by atoms with van der Waals surface area (Å²) in [7, 11) is 1.00. The molecule has 7 nitrogen and oxygen atoms in total. The van der Waals surface area contributed by atoms with Crippen LogP contribution in [0.1, 0.15) is 26.2 Å². The standard InChI is InChI=1S/C9H19N3O2.C4H11BO2/c1-11-4-6-12(7-5-11)3-2-8(10)9(13)14;1-2-3-4-5(6)7/h8H,2-7,10H2,1H3,(H,13,14);6-7H,2-4H2,1H3. The number of hydrogen-bond acceptors (Lipinski definition) is 6. The second kappa shape index (κ2) is 11.9. The molecule has 1 aliphatic rings. The first-order valence-electron chi connectivity index (χ1n) is 7.62. The fourth-order valence-electron chi connectivity index (χ4n) is 1.90. The van der Waals surface area contributed by atoms with E-state index in [0.29, 0.717) is 12.7 Å². The second-order valence-corrected chi connectivity index (χ2v) is 5.50. The van der Waals surface area contributed by atoms with Crippen molar-refractivity contribution in [1.82, 2.24) is 9.80 Å². The molecule has 5 N–H and O–H groups in total. The minimum absolute atomic E-state index is 0.510. The van der Waals surface area contributed by atoms with Gasteiger partial charge < -0.3 is 30.7 Å². The highest BCUT2D eigenvalue weighted by Gasteiger charge is 2.16. The third-order valence-electron chi connectivity index (χ3n) is 3.49. The molecule has 0 aromatic carbocycles. The van der Waals surface area contributed by atoms with E-state index in [-0.39, 0.29) is 0 Å². The van der Waals surface area contributed by atoms with Gasteiger partial charge in [-0.3, -0.25) is 4.79 Å². The van der Waals surface area contributed by atoms with Crippen molar-refractivity contribution in [2.24, 2.45) is 5.73 Å². The molecule has 0 aliphatic carbocycles. The summed E-state index contributed by atoms with van der Waals surface area (Å²) in [5, 5.41) is 25.1. The molecule has 1 aliphatic heterocycles. The summed E-state index contributed by atoms with van der Waals surface area (Å²) < 4.78 is 0. The third-order valence-corrected chi connectivity index (χ3v) is 3.49. The van der Waals surface area contributed by atoms with Crippen molar-refractivity contribution in [2.75, 3.05) is 39.8 Å². The van der Waals surface area contributed by atoms with Gasteiger partial charge in [-0.15, -0.1) is 0 Å². The Labute approximate surface area is 127 Å². The predicted octanol–water partition coefficient (Wildman–Crippen LogP) is -0.705. The molecule has 8 heteroatoms. The van der Waals surface area contributed by atoms with Crippen molar-refractivity contribution in [3.8, 4) is 0 Å². The monoisotopic (exact) mass is 303 g/mol. The third kappa shape index (κ3) is 11.6. The Balaban J connectivity index is 0.000000486. The average molecular weight is 303 g/mol. The van der Waals surface area contributed by atoms with Crippen LogP contribution in [0.3, 0.4) is 0 Å². The Morgan fingerprint density at radius 1 is 1.29 bits per heavy atom. The van der Waals surface area contributed by atoms with E-state index >= 15 is 0 Å². The second-order valence-electron chi connectivity index (χ2n) is 5.50. The van der Waals surface area contributed by atoms with Crippen molar-refractivity contribution in [2.45, 2.75) is 38.5 Å². The van der Waals surface area contributed by atoms with E-state index in [1.54, 1.807) is 0 Å². The first-order valence-corrected chi connectivity index (χ1v) is 7.62. The van der Waals surface area contributed by atoms with Crippen LogP contribution in [0.25, 0.3) is 0 Å². The molecule has 0 saturated carbocycles. The van der Waals surface area contributed by atoms with Crippen LogP contribution in [0.4, 0.5) is 0 Å². The molecule has 0 aromatic rings. The Morgan fingerprint density at radius 3 is 2.24 bits per heavy atom. The molecule has 1 heterocycles. The maximum Gasteiger partial charge on any atom is 0.451 e. The molecular weight excluding hydrogens is 273 g/mol. The molecule has 21 heavy (non-hydrogen) atoms. The maximum absolute atomic E-state index is 10.5. The zero-order valence-corrected chi connectivity index (χ0v) is 13.2. The summed E-state index contributed by atoms with van der Waals surface area (Å²) in [6.07, 6.45) is 2.98. The maximum atomic E-state index is 10.5. The summed E-state index contributed by atoms with van der Waals surface area (Å²) in [6.45, 7) is 6.96. The summed E-state index contributed by atoms with van der Waals surface area (Å²) in [5.41, 5.74) is 5.42. The van der Waals surface area contributed by atoms with Crippen LogP contribution in [-0.4, -0.2) is 83.9 Å². The first kappa shape index (κ1) is 20.3. The molecule has 1 atom stereocenters. The zero-order valence-electron chi connectivity index (χ0n) is 13.2. The van der Waals surface area contributed by atoms with Crippen LogP contribution in [0.5, 0.6) is 0 Å². The van der Waals surface area contributed by atoms with E-state index in [2.05, 4.69) is 16.8 Å². The van der Waals surface area contributed by atoms with Crippen LogP contribution < -0.4 is 5.73 Å². The SMILES string of the molecule is CCCCB(O)O.CN1CCN(CCC(N)C(=O)O)CC1. The number of unbranched alkanes of at least 4 members (excludes halogenated alkanes) is 1. The van der Waals surface area contributed by atoms with Gasteiger partial charge in [0.25, 0.3) is 0 Å². The van der Waals surface area contributed by atoms with Gasteiger partial charge in [-0.25, -0.2) is 0 Å². The molecule has 0 radical (unpaired) electrons. The lowest BCUT2D eigenvalue weighted by Gasteiger charge is -2.32. The van der Waals surface area contributed by atoms with Gasteiger partial charge in [0, 0.05) is 32.7 Å². The van der Waals surface area contributed by atoms with Crippen LogP contribution in [-0.2, 0) is 4.79 Å². The van der Waals surface area contributed by atoms with E-state index in [1.165, 1.54) is 0 Å². The summed E-state index contributed by atoms with van der Waals surface area (Å²) in [4.78, 5) is 15.0. The Hall–Kier alpha value is -0.665. The smallest absolute Gasteiger partial charge is 0.451 e. The fourth-order valence-corrected chi connectivity index (χ4v) is 1.90. The summed E-state index contributed by atoms with van der Waals surface area (Å²) in [5.74, 6) is -0.904. The lowest BCUT2D eigenvalue weighted by atomic mass is 9.84. The fraction of sp³-hybridized carbons (Fsp3) is 0.923. The van der Waals surface area contributed by atoms with Crippen molar-refractivity contribution in [1.29, 1.82) is 0 Å². The largest absolute Gasteiger partial charge is 0.480 e. The van der Waals surface area contributed by atoms with Crippen molar-refractivity contribution in [3.05, 3.63) is 0 Å². The van der Waals surface area contributed by atoms with E-state index in [9.17, 15) is 4.79 Å². The topological polar surface area (TPSA) is 110 Å². The molecule has 124 valence electrons. The summed E-state index contributed by atoms with van der Waals surface area (Å²) >= 11 is 0. The first-order chi connectivity index (χ1) is 9.86. The number of aliphatic carboxylic acids is 1. The van der Waals surface area contributed by atoms with E-state index in [0.717, 1.165) is 45.6 Å². The number of carboxylic acids is 1. The minimum atomic E-state index is -1.10. The molecule has 0 amide bonds. The number of likely N-dealkylation sites (N-methyl/N-ethyl adjacent to an activating group) is 1. The highest BCUT2D eigenvalue weighted by atomic mass is 16.4. The number of piperazine rings is 1. The molecule has 1 rings (SSSR count). The lowest BCUT2D eigenvalue weighted by Crippen LogP contribution is -2.46. The van der Waals surface area contributed by atoms with Crippen LogP contribution in [0.15, 0.2) is 0 Å². The quantitative estimate of drug-likeness (QED) is 0.460. The van der Waals surface area contributed by atoms with Crippen LogP contribution in [0.2, 0.25) is 6.32 Å². The van der Waals surface area contributed by atoms with Crippen molar-refractivity contribution in [3.63, 3.8) is 0 Å². The van der Waals surface area contributed by atoms with Gasteiger partial charge in [0.05, 0.1) is 0 Å². The summed E-state index contributed by atoms with van der Waals surface area (Å²) in [6, 6.07) is -0.713. The normalized spacial score (nSPS) is 17.8. The highest BCUT2D eigenvalue weighted by molar-refractivity contribution is 6.40. The number of nitrogens with zero attached hydrogens (tertiary/aromatic N) is 2. The molecule has 0 aromatic heterocycles. The van der Waals surface area contributed by atoms with Crippen LogP contribution in [0, 0.1) is 0 Å². The van der Waals surface area contributed by atoms with E-state index in [4.69, 9.17) is 20.9 Å². The molecule has 1 unspecified atom stereocenters. The van der Waals surface area contributed by atoms with Gasteiger partial charge in [-0.1, -0.05) is 19.8 Å².